The second-order valence-corrected chi connectivity index (χ2v) is 10.7. The third kappa shape index (κ3) is 7.40. The maximum atomic E-state index is 10.6. The minimum absolute atomic E-state index is 0.0277. The lowest BCUT2D eigenvalue weighted by atomic mass is 9.97. The van der Waals surface area contributed by atoms with E-state index in [1.54, 1.807) is 0 Å². The van der Waals surface area contributed by atoms with Crippen LogP contribution in [-0.2, 0) is 13.0 Å². The number of aliphatic hydroxyl groups excluding tert-OH is 1. The molecule has 42 heavy (non-hydrogen) atoms. The van der Waals surface area contributed by atoms with Crippen molar-refractivity contribution >= 4 is 23.3 Å². The van der Waals surface area contributed by atoms with Crippen molar-refractivity contribution < 1.29 is 24.9 Å². The van der Waals surface area contributed by atoms with Gasteiger partial charge in [0.1, 0.15) is 0 Å². The number of rotatable bonds is 7. The second-order valence-electron chi connectivity index (χ2n) is 10.7. The quantitative estimate of drug-likeness (QED) is 0.207. The predicted octanol–water partition coefficient (Wildman–Crippen LogP) is 6.24. The molecule has 8 heteroatoms. The molecule has 1 aromatic heterocycles. The summed E-state index contributed by atoms with van der Waals surface area (Å²) >= 11 is 0. The number of aromatic nitrogens is 1. The third-order valence-corrected chi connectivity index (χ3v) is 7.37. The summed E-state index contributed by atoms with van der Waals surface area (Å²) in [5.74, 6) is -2.22. The van der Waals surface area contributed by atoms with Crippen LogP contribution in [0.2, 0.25) is 0 Å². The zero-order valence-corrected chi connectivity index (χ0v) is 24.4. The van der Waals surface area contributed by atoms with E-state index in [2.05, 4.69) is 77.6 Å². The molecule has 218 valence electrons. The Morgan fingerprint density at radius 3 is 2.26 bits per heavy atom. The molecular formula is C34H37N3O5. The Balaban J connectivity index is 0.000000262. The molecule has 8 nitrogen and oxygen atoms in total. The molecule has 0 aliphatic carbocycles. The summed E-state index contributed by atoms with van der Waals surface area (Å²) in [7, 11) is 0. The number of fused-ring (bicyclic) bond motifs is 1. The fourth-order valence-corrected chi connectivity index (χ4v) is 5.17. The molecule has 0 saturated heterocycles. The number of β-amino-alcohol motifs (C(OH)–C–C–N with tert-alkyl or cyclic N) is 1. The van der Waals surface area contributed by atoms with Gasteiger partial charge in [-0.15, -0.1) is 0 Å². The largest absolute Gasteiger partial charge is 0.478 e. The van der Waals surface area contributed by atoms with Gasteiger partial charge in [-0.3, -0.25) is 9.88 Å². The average molecular weight is 568 g/mol. The van der Waals surface area contributed by atoms with Gasteiger partial charge in [-0.1, -0.05) is 30.3 Å². The van der Waals surface area contributed by atoms with Gasteiger partial charge in [0.15, 0.2) is 0 Å². The summed E-state index contributed by atoms with van der Waals surface area (Å²) in [5, 5.41) is 30.7. The Labute approximate surface area is 246 Å². The van der Waals surface area contributed by atoms with E-state index in [0.717, 1.165) is 43.0 Å². The van der Waals surface area contributed by atoms with E-state index < -0.39 is 11.9 Å². The molecule has 5 rings (SSSR count). The Bertz CT molecular complexity index is 1550. The molecule has 0 fully saturated rings. The van der Waals surface area contributed by atoms with Crippen molar-refractivity contribution in [2.45, 2.75) is 46.8 Å². The zero-order valence-electron chi connectivity index (χ0n) is 24.4. The fraction of sp³-hybridized carbons (Fsp3) is 0.265. The van der Waals surface area contributed by atoms with E-state index in [1.807, 2.05) is 13.1 Å². The van der Waals surface area contributed by atoms with Crippen molar-refractivity contribution in [2.24, 2.45) is 0 Å². The number of anilines is 2. The number of carbonyl (C=O) groups is 2. The average Bonchev–Trinajstić information content (AvgIpc) is 2.94. The van der Waals surface area contributed by atoms with Crippen LogP contribution in [0.3, 0.4) is 0 Å². The monoisotopic (exact) mass is 567 g/mol. The molecule has 4 aromatic rings. The topological polar surface area (TPSA) is 123 Å². The first-order chi connectivity index (χ1) is 20.0. The summed E-state index contributed by atoms with van der Waals surface area (Å²) in [4.78, 5) is 28.1. The van der Waals surface area contributed by atoms with Crippen molar-refractivity contribution in [2.75, 3.05) is 18.4 Å². The molecule has 0 radical (unpaired) electrons. The molecule has 2 heterocycles. The standard InChI is InChI=1S/C25H29N3O.C9H8O4/c1-17-7-10-24(26-14-17)23-13-21(9-8-18(23)2)27-25-6-4-5-20-16-28(15-19(3)29)12-11-22(20)25;1-5-6(8(10)11)3-2-4-7(5)9(12)13/h4-10,13-14,19,27,29H,11-12,15-16H2,1-3H3;2-4H,1H3,(H,10,11)(H,12,13). The van der Waals surface area contributed by atoms with Gasteiger partial charge < -0.3 is 20.6 Å². The normalized spacial score (nSPS) is 13.4. The maximum Gasteiger partial charge on any atom is 0.335 e. The first-order valence-electron chi connectivity index (χ1n) is 13.9. The van der Waals surface area contributed by atoms with Gasteiger partial charge in [0, 0.05) is 42.8 Å². The number of benzene rings is 3. The third-order valence-electron chi connectivity index (χ3n) is 7.37. The molecule has 3 aromatic carbocycles. The molecule has 1 unspecified atom stereocenters. The minimum atomic E-state index is -1.11. The van der Waals surface area contributed by atoms with E-state index in [4.69, 9.17) is 10.2 Å². The van der Waals surface area contributed by atoms with Crippen LogP contribution in [0.15, 0.2) is 72.9 Å². The van der Waals surface area contributed by atoms with Crippen LogP contribution in [0, 0.1) is 20.8 Å². The van der Waals surface area contributed by atoms with E-state index in [9.17, 15) is 14.7 Å². The summed E-state index contributed by atoms with van der Waals surface area (Å²) in [5.41, 5.74) is 9.85. The Hall–Kier alpha value is -4.53. The van der Waals surface area contributed by atoms with Crippen LogP contribution in [0.4, 0.5) is 11.4 Å². The molecule has 0 amide bonds. The highest BCUT2D eigenvalue weighted by Gasteiger charge is 2.20. The summed E-state index contributed by atoms with van der Waals surface area (Å²) in [6.45, 7) is 10.1. The van der Waals surface area contributed by atoms with Crippen molar-refractivity contribution in [3.05, 3.63) is 112 Å². The number of carboxylic acid groups (broad SMARTS) is 2. The number of nitrogens with one attached hydrogen (secondary N) is 1. The molecule has 0 spiro atoms. The number of aryl methyl sites for hydroxylation is 2. The number of hydrogen-bond donors (Lipinski definition) is 4. The fourth-order valence-electron chi connectivity index (χ4n) is 5.17. The first-order valence-corrected chi connectivity index (χ1v) is 13.9. The second kappa shape index (κ2) is 13.4. The molecule has 4 N–H and O–H groups in total. The number of aromatic carboxylic acids is 2. The highest BCUT2D eigenvalue weighted by molar-refractivity contribution is 5.96. The highest BCUT2D eigenvalue weighted by atomic mass is 16.4. The van der Waals surface area contributed by atoms with Crippen molar-refractivity contribution in [3.8, 4) is 11.3 Å². The van der Waals surface area contributed by atoms with Gasteiger partial charge in [0.2, 0.25) is 0 Å². The predicted molar refractivity (Wildman–Crippen MR) is 165 cm³/mol. The van der Waals surface area contributed by atoms with Crippen LogP contribution in [0.1, 0.15) is 55.5 Å². The minimum Gasteiger partial charge on any atom is -0.478 e. The number of carboxylic acids is 2. The summed E-state index contributed by atoms with van der Waals surface area (Å²) in [6.07, 6.45) is 2.62. The molecule has 1 atom stereocenters. The van der Waals surface area contributed by atoms with Crippen LogP contribution in [-0.4, -0.2) is 56.3 Å². The molecular weight excluding hydrogens is 530 g/mol. The highest BCUT2D eigenvalue weighted by Crippen LogP contribution is 2.31. The molecule has 1 aliphatic rings. The van der Waals surface area contributed by atoms with Crippen molar-refractivity contribution in [1.82, 2.24) is 9.88 Å². The Kier molecular flexibility index (Phi) is 9.72. The SMILES string of the molecule is Cc1c(C(=O)O)cccc1C(=O)O.Cc1ccc(-c2cc(Nc3cccc4c3CCN(CC(C)O)C4)ccc2C)nc1. The van der Waals surface area contributed by atoms with Gasteiger partial charge in [-0.05, 0) is 98.3 Å². The van der Waals surface area contributed by atoms with Crippen LogP contribution >= 0.6 is 0 Å². The number of nitrogens with zero attached hydrogens (tertiary/aromatic N) is 2. The van der Waals surface area contributed by atoms with Gasteiger partial charge in [-0.2, -0.15) is 0 Å². The number of pyridine rings is 1. The number of hydrogen-bond acceptors (Lipinski definition) is 6. The summed E-state index contributed by atoms with van der Waals surface area (Å²) < 4.78 is 0. The first kappa shape index (κ1) is 30.4. The number of aliphatic hydroxyl groups is 1. The van der Waals surface area contributed by atoms with Gasteiger partial charge in [0.25, 0.3) is 0 Å². The lowest BCUT2D eigenvalue weighted by Gasteiger charge is -2.31. The van der Waals surface area contributed by atoms with Crippen molar-refractivity contribution in [1.29, 1.82) is 0 Å². The Morgan fingerprint density at radius 1 is 0.952 bits per heavy atom. The van der Waals surface area contributed by atoms with Crippen molar-refractivity contribution in [3.63, 3.8) is 0 Å². The van der Waals surface area contributed by atoms with Crippen LogP contribution in [0.25, 0.3) is 11.3 Å². The van der Waals surface area contributed by atoms with Crippen LogP contribution in [0.5, 0.6) is 0 Å². The van der Waals surface area contributed by atoms with Gasteiger partial charge in [-0.25, -0.2) is 9.59 Å². The van der Waals surface area contributed by atoms with Gasteiger partial charge in [0.05, 0.1) is 22.9 Å². The molecule has 1 aliphatic heterocycles. The van der Waals surface area contributed by atoms with E-state index in [-0.39, 0.29) is 22.8 Å². The lowest BCUT2D eigenvalue weighted by Crippen LogP contribution is -2.35. The lowest BCUT2D eigenvalue weighted by molar-refractivity contribution is 0.0696. The van der Waals surface area contributed by atoms with Gasteiger partial charge >= 0.3 is 11.9 Å². The zero-order chi connectivity index (χ0) is 30.4. The summed E-state index contributed by atoms with van der Waals surface area (Å²) in [6, 6.07) is 21.3. The van der Waals surface area contributed by atoms with E-state index in [1.165, 1.54) is 53.1 Å². The Morgan fingerprint density at radius 2 is 1.64 bits per heavy atom. The van der Waals surface area contributed by atoms with Crippen LogP contribution < -0.4 is 5.32 Å². The maximum absolute atomic E-state index is 10.6. The smallest absolute Gasteiger partial charge is 0.335 e. The molecule has 0 saturated carbocycles. The molecule has 0 bridgehead atoms. The van der Waals surface area contributed by atoms with E-state index >= 15 is 0 Å². The van der Waals surface area contributed by atoms with E-state index in [0.29, 0.717) is 0 Å².